The Kier molecular flexibility index (Phi) is 7.07. The first-order valence-corrected chi connectivity index (χ1v) is 7.86. The Bertz CT molecular complexity index is 543. The Morgan fingerprint density at radius 2 is 1.61 bits per heavy atom. The smallest absolute Gasteiger partial charge is 0.344 e. The lowest BCUT2D eigenvalue weighted by Gasteiger charge is -2.17. The number of carbonyl (C=O) groups is 2. The van der Waals surface area contributed by atoms with E-state index in [1.165, 1.54) is 0 Å². The van der Waals surface area contributed by atoms with E-state index in [4.69, 9.17) is 9.47 Å². The predicted molar refractivity (Wildman–Crippen MR) is 89.5 cm³/mol. The van der Waals surface area contributed by atoms with Crippen molar-refractivity contribution in [3.05, 3.63) is 28.8 Å². The molecule has 5 nitrogen and oxygen atoms in total. The first-order valence-electron chi connectivity index (χ1n) is 7.86. The third-order valence-electron chi connectivity index (χ3n) is 3.69. The maximum atomic E-state index is 11.7. The van der Waals surface area contributed by atoms with Gasteiger partial charge in [0.25, 0.3) is 5.91 Å². The lowest BCUT2D eigenvalue weighted by atomic mass is 10.1. The van der Waals surface area contributed by atoms with Crippen LogP contribution in [-0.4, -0.2) is 31.1 Å². The van der Waals surface area contributed by atoms with Crippen LogP contribution in [0, 0.1) is 26.7 Å². The summed E-state index contributed by atoms with van der Waals surface area (Å²) in [6.45, 7) is 11.3. The Labute approximate surface area is 138 Å². The molecule has 0 aliphatic carbocycles. The molecule has 128 valence electrons. The fourth-order valence-corrected chi connectivity index (χ4v) is 2.18. The number of hydrogen-bond donors (Lipinski definition) is 1. The van der Waals surface area contributed by atoms with Crippen molar-refractivity contribution in [3.8, 4) is 5.75 Å². The third kappa shape index (κ3) is 6.30. The highest BCUT2D eigenvalue weighted by Crippen LogP contribution is 2.24. The summed E-state index contributed by atoms with van der Waals surface area (Å²) in [7, 11) is 0. The summed E-state index contributed by atoms with van der Waals surface area (Å²) in [6, 6.07) is 4.03. The minimum Gasteiger partial charge on any atom is -0.481 e. The monoisotopic (exact) mass is 321 g/mol. The highest BCUT2D eigenvalue weighted by Gasteiger charge is 2.14. The van der Waals surface area contributed by atoms with Crippen LogP contribution in [0.5, 0.6) is 5.75 Å². The second-order valence-corrected chi connectivity index (χ2v) is 6.28. The van der Waals surface area contributed by atoms with Crippen molar-refractivity contribution < 1.29 is 19.1 Å². The molecule has 23 heavy (non-hydrogen) atoms. The van der Waals surface area contributed by atoms with Gasteiger partial charge < -0.3 is 14.8 Å². The fourth-order valence-electron chi connectivity index (χ4n) is 2.18. The molecule has 0 spiro atoms. The van der Waals surface area contributed by atoms with Crippen molar-refractivity contribution in [2.75, 3.05) is 13.2 Å². The first-order chi connectivity index (χ1) is 10.7. The van der Waals surface area contributed by atoms with Gasteiger partial charge in [-0.15, -0.1) is 0 Å². The van der Waals surface area contributed by atoms with Crippen molar-refractivity contribution in [3.63, 3.8) is 0 Å². The van der Waals surface area contributed by atoms with E-state index in [0.29, 0.717) is 11.7 Å². The van der Waals surface area contributed by atoms with E-state index in [1.54, 1.807) is 0 Å². The van der Waals surface area contributed by atoms with E-state index in [0.717, 1.165) is 16.7 Å². The molecule has 0 saturated heterocycles. The van der Waals surface area contributed by atoms with Crippen molar-refractivity contribution in [2.24, 2.45) is 5.92 Å². The molecule has 1 N–H and O–H groups in total. The van der Waals surface area contributed by atoms with Crippen molar-refractivity contribution in [2.45, 2.75) is 47.6 Å². The van der Waals surface area contributed by atoms with Crippen LogP contribution in [0.15, 0.2) is 12.1 Å². The molecule has 5 heteroatoms. The van der Waals surface area contributed by atoms with Crippen molar-refractivity contribution in [1.29, 1.82) is 0 Å². The number of carbonyl (C=O) groups excluding carboxylic acids is 2. The first kappa shape index (κ1) is 19.0. The maximum absolute atomic E-state index is 11.7. The van der Waals surface area contributed by atoms with Gasteiger partial charge in [-0.1, -0.05) is 31.5 Å². The molecule has 1 aromatic rings. The van der Waals surface area contributed by atoms with E-state index in [2.05, 4.69) is 5.32 Å². The number of esters is 1. The van der Waals surface area contributed by atoms with Crippen LogP contribution in [0.3, 0.4) is 0 Å². The normalized spacial score (nSPS) is 12.0. The molecule has 0 aliphatic heterocycles. The van der Waals surface area contributed by atoms with Crippen LogP contribution in [0.4, 0.5) is 0 Å². The Hall–Kier alpha value is -2.04. The number of aryl methyl sites for hydroxylation is 3. The summed E-state index contributed by atoms with van der Waals surface area (Å²) in [5.41, 5.74) is 3.09. The zero-order valence-corrected chi connectivity index (χ0v) is 14.9. The zero-order valence-electron chi connectivity index (χ0n) is 14.9. The Morgan fingerprint density at radius 1 is 1.04 bits per heavy atom. The third-order valence-corrected chi connectivity index (χ3v) is 3.69. The second-order valence-electron chi connectivity index (χ2n) is 6.28. The average molecular weight is 321 g/mol. The van der Waals surface area contributed by atoms with Crippen molar-refractivity contribution in [1.82, 2.24) is 5.32 Å². The van der Waals surface area contributed by atoms with Crippen molar-refractivity contribution >= 4 is 11.9 Å². The molecular weight excluding hydrogens is 294 g/mol. The number of rotatable bonds is 7. The minimum atomic E-state index is -0.559. The molecule has 0 saturated carbocycles. The van der Waals surface area contributed by atoms with Crippen LogP contribution >= 0.6 is 0 Å². The van der Waals surface area contributed by atoms with E-state index < -0.39 is 5.97 Å². The lowest BCUT2D eigenvalue weighted by Crippen LogP contribution is -2.39. The van der Waals surface area contributed by atoms with Gasteiger partial charge in [0.1, 0.15) is 5.75 Å². The number of amides is 1. The molecule has 0 heterocycles. The number of hydrogen-bond acceptors (Lipinski definition) is 4. The van der Waals surface area contributed by atoms with E-state index >= 15 is 0 Å². The van der Waals surface area contributed by atoms with Gasteiger partial charge in [0, 0.05) is 6.04 Å². The summed E-state index contributed by atoms with van der Waals surface area (Å²) in [6.07, 6.45) is 0. The van der Waals surface area contributed by atoms with Gasteiger partial charge in [-0.3, -0.25) is 4.79 Å². The summed E-state index contributed by atoms with van der Waals surface area (Å²) >= 11 is 0. The molecule has 1 rings (SSSR count). The van der Waals surface area contributed by atoms with Gasteiger partial charge in [0.05, 0.1) is 0 Å². The quantitative estimate of drug-likeness (QED) is 0.784. The second kappa shape index (κ2) is 8.56. The van der Waals surface area contributed by atoms with Crippen LogP contribution in [0.1, 0.15) is 37.5 Å². The molecule has 1 atom stereocenters. The van der Waals surface area contributed by atoms with Gasteiger partial charge in [-0.25, -0.2) is 4.79 Å². The van der Waals surface area contributed by atoms with E-state index in [1.807, 2.05) is 53.7 Å². The number of benzene rings is 1. The van der Waals surface area contributed by atoms with Crippen LogP contribution in [-0.2, 0) is 14.3 Å². The van der Waals surface area contributed by atoms with E-state index in [9.17, 15) is 9.59 Å². The highest BCUT2D eigenvalue weighted by molar-refractivity contribution is 5.81. The highest BCUT2D eigenvalue weighted by atomic mass is 16.6. The van der Waals surface area contributed by atoms with Gasteiger partial charge in [-0.05, 0) is 44.7 Å². The van der Waals surface area contributed by atoms with Gasteiger partial charge in [0.15, 0.2) is 13.2 Å². The molecule has 1 amide bonds. The summed E-state index contributed by atoms with van der Waals surface area (Å²) < 4.78 is 10.5. The number of ether oxygens (including phenoxy) is 2. The van der Waals surface area contributed by atoms with Crippen LogP contribution in [0.25, 0.3) is 0 Å². The van der Waals surface area contributed by atoms with Crippen LogP contribution in [0.2, 0.25) is 0 Å². The predicted octanol–water partition coefficient (Wildman–Crippen LogP) is 2.69. The standard InChI is InChI=1S/C18H27NO4/c1-11(2)15(6)19-16(20)9-22-17(21)10-23-18-13(4)7-12(3)8-14(18)5/h7-8,11,15H,9-10H2,1-6H3,(H,19,20)/t15-/m0/s1. The SMILES string of the molecule is Cc1cc(C)c(OCC(=O)OCC(=O)N[C@@H](C)C(C)C)c(C)c1. The molecule has 1 aromatic carbocycles. The summed E-state index contributed by atoms with van der Waals surface area (Å²) in [5, 5.41) is 2.78. The molecule has 0 aromatic heterocycles. The summed E-state index contributed by atoms with van der Waals surface area (Å²) in [5.74, 6) is 0.148. The molecule has 0 unspecified atom stereocenters. The zero-order chi connectivity index (χ0) is 17.6. The average Bonchev–Trinajstić information content (AvgIpc) is 2.43. The largest absolute Gasteiger partial charge is 0.481 e. The molecule has 0 radical (unpaired) electrons. The van der Waals surface area contributed by atoms with Crippen LogP contribution < -0.4 is 10.1 Å². The Balaban J connectivity index is 2.42. The number of nitrogens with one attached hydrogen (secondary N) is 1. The molecule has 0 fully saturated rings. The molecular formula is C18H27NO4. The minimum absolute atomic E-state index is 0.0373. The fraction of sp³-hybridized carbons (Fsp3) is 0.556. The van der Waals surface area contributed by atoms with E-state index in [-0.39, 0.29) is 25.2 Å². The van der Waals surface area contributed by atoms with Gasteiger partial charge in [0.2, 0.25) is 0 Å². The molecule has 0 bridgehead atoms. The Morgan fingerprint density at radius 3 is 2.13 bits per heavy atom. The topological polar surface area (TPSA) is 64.6 Å². The van der Waals surface area contributed by atoms with Gasteiger partial charge >= 0.3 is 5.97 Å². The lowest BCUT2D eigenvalue weighted by molar-refractivity contribution is -0.150. The van der Waals surface area contributed by atoms with Gasteiger partial charge in [-0.2, -0.15) is 0 Å². The molecule has 0 aliphatic rings. The summed E-state index contributed by atoms with van der Waals surface area (Å²) in [4.78, 5) is 23.4. The maximum Gasteiger partial charge on any atom is 0.344 e.